The number of hydrogen-bond donors (Lipinski definition) is 5. The first-order valence-electron chi connectivity index (χ1n) is 15.1. The molecule has 0 saturated heterocycles. The molecule has 0 bridgehead atoms. The molecule has 0 spiro atoms. The SMILES string of the molecule is O=c1ccc2c(CCNCCc3ccc(CNCCc4cnc(C(O)(c5ccccc5)c5ccccc5)o4)s3)ccc(O)c2[nH]1. The molecule has 3 aromatic heterocycles. The Balaban J connectivity index is 0.953. The molecule has 0 atom stereocenters. The van der Waals surface area contributed by atoms with Gasteiger partial charge in [0, 0.05) is 40.7 Å². The number of pyridine rings is 1. The Hall–Kier alpha value is -4.54. The summed E-state index contributed by atoms with van der Waals surface area (Å²) in [7, 11) is 0. The number of aromatic amines is 1. The molecule has 0 aliphatic heterocycles. The van der Waals surface area contributed by atoms with Gasteiger partial charge in [0.2, 0.25) is 11.4 Å². The van der Waals surface area contributed by atoms with Crippen molar-refractivity contribution < 1.29 is 14.6 Å². The van der Waals surface area contributed by atoms with Gasteiger partial charge in [-0.2, -0.15) is 0 Å². The van der Waals surface area contributed by atoms with Crippen LogP contribution < -0.4 is 16.2 Å². The highest BCUT2D eigenvalue weighted by atomic mass is 32.1. The van der Waals surface area contributed by atoms with Gasteiger partial charge in [0.25, 0.3) is 0 Å². The molecule has 6 rings (SSSR count). The van der Waals surface area contributed by atoms with Gasteiger partial charge in [-0.3, -0.25) is 4.79 Å². The minimum absolute atomic E-state index is 0.0879. The van der Waals surface area contributed by atoms with Crippen LogP contribution in [0.15, 0.2) is 112 Å². The van der Waals surface area contributed by atoms with E-state index in [1.165, 1.54) is 15.8 Å². The summed E-state index contributed by atoms with van der Waals surface area (Å²) >= 11 is 1.81. The zero-order chi connectivity index (χ0) is 31.1. The average molecular weight is 621 g/mol. The van der Waals surface area contributed by atoms with Crippen molar-refractivity contribution >= 4 is 22.2 Å². The lowest BCUT2D eigenvalue weighted by Crippen LogP contribution is -2.29. The first-order valence-corrected chi connectivity index (χ1v) is 15.9. The van der Waals surface area contributed by atoms with Gasteiger partial charge < -0.3 is 30.2 Å². The molecule has 0 saturated carbocycles. The quantitative estimate of drug-likeness (QED) is 0.105. The summed E-state index contributed by atoms with van der Waals surface area (Å²) < 4.78 is 6.11. The van der Waals surface area contributed by atoms with E-state index in [1.807, 2.05) is 78.1 Å². The van der Waals surface area contributed by atoms with E-state index in [0.717, 1.165) is 50.0 Å². The number of phenols is 1. The zero-order valence-corrected chi connectivity index (χ0v) is 25.6. The number of aromatic hydroxyl groups is 1. The second-order valence-electron chi connectivity index (χ2n) is 11.0. The maximum Gasteiger partial charge on any atom is 0.248 e. The summed E-state index contributed by atoms with van der Waals surface area (Å²) in [5.74, 6) is 1.07. The number of phenolic OH excluding ortho intramolecular Hbond substituents is 1. The first kappa shape index (κ1) is 30.5. The van der Waals surface area contributed by atoms with Crippen molar-refractivity contribution in [3.63, 3.8) is 0 Å². The van der Waals surface area contributed by atoms with Gasteiger partial charge in [0.05, 0.1) is 11.7 Å². The second-order valence-corrected chi connectivity index (χ2v) is 12.2. The number of nitrogens with one attached hydrogen (secondary N) is 3. The fourth-order valence-corrected chi connectivity index (χ4v) is 6.50. The smallest absolute Gasteiger partial charge is 0.248 e. The third-order valence-corrected chi connectivity index (χ3v) is 9.04. The van der Waals surface area contributed by atoms with Crippen LogP contribution in [0.5, 0.6) is 5.75 Å². The maximum atomic E-state index is 11.9. The van der Waals surface area contributed by atoms with Crippen LogP contribution in [-0.2, 0) is 31.4 Å². The van der Waals surface area contributed by atoms with Crippen molar-refractivity contribution in [1.82, 2.24) is 20.6 Å². The van der Waals surface area contributed by atoms with Gasteiger partial charge in [-0.05, 0) is 66.9 Å². The van der Waals surface area contributed by atoms with Crippen molar-refractivity contribution in [2.45, 2.75) is 31.4 Å². The number of aromatic nitrogens is 2. The molecule has 0 aliphatic rings. The zero-order valence-electron chi connectivity index (χ0n) is 24.8. The van der Waals surface area contributed by atoms with Gasteiger partial charge in [0.15, 0.2) is 5.60 Å². The highest BCUT2D eigenvalue weighted by Gasteiger charge is 2.38. The van der Waals surface area contributed by atoms with Crippen LogP contribution in [0, 0.1) is 0 Å². The van der Waals surface area contributed by atoms with Gasteiger partial charge >= 0.3 is 0 Å². The lowest BCUT2D eigenvalue weighted by molar-refractivity contribution is 0.0913. The van der Waals surface area contributed by atoms with Gasteiger partial charge in [-0.1, -0.05) is 66.7 Å². The number of rotatable bonds is 14. The number of aliphatic hydroxyl groups is 1. The summed E-state index contributed by atoms with van der Waals surface area (Å²) in [6, 6.07) is 30.1. The molecular formula is C36H36N4O4S. The molecule has 0 radical (unpaired) electrons. The molecular weight excluding hydrogens is 584 g/mol. The Labute approximate surface area is 265 Å². The average Bonchev–Trinajstić information content (AvgIpc) is 3.75. The van der Waals surface area contributed by atoms with Crippen LogP contribution in [0.2, 0.25) is 0 Å². The Morgan fingerprint density at radius 3 is 2.22 bits per heavy atom. The predicted molar refractivity (Wildman–Crippen MR) is 178 cm³/mol. The van der Waals surface area contributed by atoms with Crippen LogP contribution in [0.4, 0.5) is 0 Å². The molecule has 9 heteroatoms. The fourth-order valence-electron chi connectivity index (χ4n) is 5.51. The molecule has 3 heterocycles. The van der Waals surface area contributed by atoms with Crippen molar-refractivity contribution in [1.29, 1.82) is 0 Å². The van der Waals surface area contributed by atoms with E-state index in [1.54, 1.807) is 18.3 Å². The summed E-state index contributed by atoms with van der Waals surface area (Å²) in [5, 5.41) is 29.8. The van der Waals surface area contributed by atoms with E-state index < -0.39 is 5.60 Å². The van der Waals surface area contributed by atoms with Crippen molar-refractivity contribution in [2.24, 2.45) is 0 Å². The van der Waals surface area contributed by atoms with Crippen molar-refractivity contribution in [2.75, 3.05) is 19.6 Å². The third-order valence-electron chi connectivity index (χ3n) is 7.89. The molecule has 0 aliphatic carbocycles. The molecule has 0 fully saturated rings. The van der Waals surface area contributed by atoms with Crippen LogP contribution in [0.1, 0.15) is 38.1 Å². The standard InChI is InChI=1S/C36H36N4O4S/c41-32-15-11-25(31-14-16-33(42)40-34(31)32)17-20-37-22-19-29-12-13-30(45-29)24-38-21-18-28-23-39-35(44-28)36(43,26-7-3-1-4-8-26)27-9-5-2-6-10-27/h1-16,23,37-38,41,43H,17-22,24H2,(H,40,42). The fraction of sp³-hybridized carbons (Fsp3) is 0.222. The summed E-state index contributed by atoms with van der Waals surface area (Å²) in [6.45, 7) is 3.16. The summed E-state index contributed by atoms with van der Waals surface area (Å²) in [5.41, 5.74) is 1.29. The topological polar surface area (TPSA) is 123 Å². The van der Waals surface area contributed by atoms with Gasteiger partial charge in [0.1, 0.15) is 11.5 Å². The maximum absolute atomic E-state index is 11.9. The highest BCUT2D eigenvalue weighted by Crippen LogP contribution is 2.36. The lowest BCUT2D eigenvalue weighted by Gasteiger charge is -2.26. The lowest BCUT2D eigenvalue weighted by atomic mass is 9.86. The largest absolute Gasteiger partial charge is 0.506 e. The molecule has 6 aromatic rings. The summed E-state index contributed by atoms with van der Waals surface area (Å²) in [6.07, 6.45) is 4.10. The molecule has 230 valence electrons. The van der Waals surface area contributed by atoms with Crippen LogP contribution >= 0.6 is 11.3 Å². The number of H-pyrrole nitrogens is 1. The van der Waals surface area contributed by atoms with Crippen LogP contribution in [-0.4, -0.2) is 39.8 Å². The number of oxazole rings is 1. The van der Waals surface area contributed by atoms with Crippen LogP contribution in [0.3, 0.4) is 0 Å². The Bertz CT molecular complexity index is 1860. The van der Waals surface area contributed by atoms with Crippen molar-refractivity contribution in [3.8, 4) is 5.75 Å². The van der Waals surface area contributed by atoms with E-state index in [0.29, 0.717) is 28.8 Å². The second kappa shape index (κ2) is 14.0. The summed E-state index contributed by atoms with van der Waals surface area (Å²) in [4.78, 5) is 21.4. The van der Waals surface area contributed by atoms with E-state index >= 15 is 0 Å². The van der Waals surface area contributed by atoms with Crippen LogP contribution in [0.25, 0.3) is 10.9 Å². The highest BCUT2D eigenvalue weighted by molar-refractivity contribution is 7.11. The Morgan fingerprint density at radius 2 is 1.47 bits per heavy atom. The normalized spacial score (nSPS) is 11.8. The molecule has 3 aromatic carbocycles. The molecule has 0 amide bonds. The first-order chi connectivity index (χ1) is 22.0. The van der Waals surface area contributed by atoms with E-state index in [9.17, 15) is 15.0 Å². The molecule has 45 heavy (non-hydrogen) atoms. The van der Waals surface area contributed by atoms with Gasteiger partial charge in [-0.15, -0.1) is 11.3 Å². The number of hydrogen-bond acceptors (Lipinski definition) is 8. The van der Waals surface area contributed by atoms with E-state index in [4.69, 9.17) is 4.42 Å². The minimum Gasteiger partial charge on any atom is -0.506 e. The Morgan fingerprint density at radius 1 is 0.778 bits per heavy atom. The number of thiophene rings is 1. The minimum atomic E-state index is -1.47. The monoisotopic (exact) mass is 620 g/mol. The molecule has 5 N–H and O–H groups in total. The predicted octanol–water partition coefficient (Wildman–Crippen LogP) is 5.27. The van der Waals surface area contributed by atoms with E-state index in [-0.39, 0.29) is 17.2 Å². The number of benzene rings is 3. The number of fused-ring (bicyclic) bond motifs is 1. The molecule has 0 unspecified atom stereocenters. The third kappa shape index (κ3) is 7.08. The number of nitrogens with zero attached hydrogens (tertiary/aromatic N) is 1. The molecule has 8 nitrogen and oxygen atoms in total. The van der Waals surface area contributed by atoms with Gasteiger partial charge in [-0.25, -0.2) is 4.98 Å². The van der Waals surface area contributed by atoms with E-state index in [2.05, 4.69) is 32.7 Å². The Kier molecular flexibility index (Phi) is 9.52. The van der Waals surface area contributed by atoms with Crippen molar-refractivity contribution in [3.05, 3.63) is 152 Å².